The lowest BCUT2D eigenvalue weighted by molar-refractivity contribution is -0.131. The van der Waals surface area contributed by atoms with Crippen molar-refractivity contribution in [2.45, 2.75) is 25.7 Å². The van der Waals surface area contributed by atoms with Crippen LogP contribution in [0.15, 0.2) is 24.4 Å². The summed E-state index contributed by atoms with van der Waals surface area (Å²) in [5.41, 5.74) is 0. The fourth-order valence-electron chi connectivity index (χ4n) is 3.94. The molecule has 2 saturated heterocycles. The topological polar surface area (TPSA) is 59.9 Å². The second-order valence-corrected chi connectivity index (χ2v) is 7.13. The lowest BCUT2D eigenvalue weighted by atomic mass is 9.93. The second-order valence-electron chi connectivity index (χ2n) is 7.13. The zero-order valence-corrected chi connectivity index (χ0v) is 15.0. The molecule has 0 aliphatic carbocycles. The Bertz CT molecular complexity index is 529. The summed E-state index contributed by atoms with van der Waals surface area (Å²) in [7, 11) is 0. The summed E-state index contributed by atoms with van der Waals surface area (Å²) in [5.74, 6) is 1.89. The molecule has 3 heterocycles. The van der Waals surface area contributed by atoms with E-state index < -0.39 is 0 Å². The predicted octanol–water partition coefficient (Wildman–Crippen LogP) is 1.21. The molecule has 0 radical (unpaired) electrons. The third kappa shape index (κ3) is 5.16. The SMILES string of the molecule is O=C(CCC1CCCN(CCO)C1)N1CCN(c2ccccn2)CC1. The number of nitrogens with zero attached hydrogens (tertiary/aromatic N) is 4. The van der Waals surface area contributed by atoms with Crippen LogP contribution in [0.4, 0.5) is 5.82 Å². The lowest BCUT2D eigenvalue weighted by Gasteiger charge is -2.36. The van der Waals surface area contributed by atoms with Crippen LogP contribution in [-0.2, 0) is 4.79 Å². The number of pyridine rings is 1. The molecule has 1 aromatic rings. The van der Waals surface area contributed by atoms with E-state index >= 15 is 0 Å². The predicted molar refractivity (Wildman–Crippen MR) is 98.5 cm³/mol. The van der Waals surface area contributed by atoms with Gasteiger partial charge in [-0.05, 0) is 43.9 Å². The third-order valence-electron chi connectivity index (χ3n) is 5.39. The number of β-amino-alcohol motifs (C(OH)–C–C–N with tert-alkyl or cyclic N) is 1. The first-order chi connectivity index (χ1) is 12.3. The molecule has 3 rings (SSSR count). The van der Waals surface area contributed by atoms with Crippen LogP contribution in [0.25, 0.3) is 0 Å². The van der Waals surface area contributed by atoms with E-state index in [1.54, 1.807) is 0 Å². The quantitative estimate of drug-likeness (QED) is 0.839. The Hall–Kier alpha value is -1.66. The first-order valence-corrected chi connectivity index (χ1v) is 9.53. The zero-order chi connectivity index (χ0) is 17.5. The molecule has 0 bridgehead atoms. The number of anilines is 1. The van der Waals surface area contributed by atoms with E-state index in [1.807, 2.05) is 29.3 Å². The van der Waals surface area contributed by atoms with Crippen molar-refractivity contribution in [3.63, 3.8) is 0 Å². The summed E-state index contributed by atoms with van der Waals surface area (Å²) < 4.78 is 0. The van der Waals surface area contributed by atoms with Crippen LogP contribution in [0, 0.1) is 5.92 Å². The highest BCUT2D eigenvalue weighted by Gasteiger charge is 2.24. The number of aromatic nitrogens is 1. The molecular weight excluding hydrogens is 316 g/mol. The second kappa shape index (κ2) is 9.15. The zero-order valence-electron chi connectivity index (χ0n) is 15.0. The Morgan fingerprint density at radius 1 is 1.20 bits per heavy atom. The van der Waals surface area contributed by atoms with Gasteiger partial charge in [-0.1, -0.05) is 6.07 Å². The molecule has 25 heavy (non-hydrogen) atoms. The Kier molecular flexibility index (Phi) is 6.64. The van der Waals surface area contributed by atoms with Crippen LogP contribution in [0.3, 0.4) is 0 Å². The molecule has 1 aromatic heterocycles. The monoisotopic (exact) mass is 346 g/mol. The van der Waals surface area contributed by atoms with Crippen LogP contribution in [0.1, 0.15) is 25.7 Å². The van der Waals surface area contributed by atoms with Gasteiger partial charge in [0.2, 0.25) is 5.91 Å². The van der Waals surface area contributed by atoms with Crippen molar-refractivity contribution in [2.24, 2.45) is 5.92 Å². The normalized spacial score (nSPS) is 22.2. The maximum Gasteiger partial charge on any atom is 0.222 e. The third-order valence-corrected chi connectivity index (χ3v) is 5.39. The molecule has 2 aliphatic rings. The van der Waals surface area contributed by atoms with Gasteiger partial charge in [-0.2, -0.15) is 0 Å². The van der Waals surface area contributed by atoms with E-state index in [0.717, 1.165) is 58.1 Å². The van der Waals surface area contributed by atoms with Crippen molar-refractivity contribution in [3.05, 3.63) is 24.4 Å². The van der Waals surface area contributed by atoms with Gasteiger partial charge in [-0.3, -0.25) is 4.79 Å². The van der Waals surface area contributed by atoms with Gasteiger partial charge >= 0.3 is 0 Å². The molecule has 1 unspecified atom stereocenters. The van der Waals surface area contributed by atoms with E-state index in [2.05, 4.69) is 14.8 Å². The van der Waals surface area contributed by atoms with Crippen molar-refractivity contribution in [1.82, 2.24) is 14.8 Å². The molecule has 0 spiro atoms. The van der Waals surface area contributed by atoms with Gasteiger partial charge in [0.05, 0.1) is 6.61 Å². The highest BCUT2D eigenvalue weighted by atomic mass is 16.3. The minimum atomic E-state index is 0.228. The first kappa shape index (κ1) is 18.1. The van der Waals surface area contributed by atoms with Gasteiger partial charge in [-0.15, -0.1) is 0 Å². The highest BCUT2D eigenvalue weighted by molar-refractivity contribution is 5.76. The fraction of sp³-hybridized carbons (Fsp3) is 0.684. The van der Waals surface area contributed by atoms with Crippen molar-refractivity contribution in [3.8, 4) is 0 Å². The van der Waals surface area contributed by atoms with Crippen molar-refractivity contribution < 1.29 is 9.90 Å². The number of amides is 1. The molecule has 6 nitrogen and oxygen atoms in total. The van der Waals surface area contributed by atoms with E-state index in [4.69, 9.17) is 5.11 Å². The molecule has 0 aromatic carbocycles. The lowest BCUT2D eigenvalue weighted by Crippen LogP contribution is -2.49. The van der Waals surface area contributed by atoms with Gasteiger partial charge in [-0.25, -0.2) is 4.98 Å². The summed E-state index contributed by atoms with van der Waals surface area (Å²) in [6, 6.07) is 5.96. The molecule has 1 amide bonds. The average Bonchev–Trinajstić information content (AvgIpc) is 2.67. The number of piperazine rings is 1. The van der Waals surface area contributed by atoms with Crippen LogP contribution in [-0.4, -0.2) is 78.2 Å². The van der Waals surface area contributed by atoms with Crippen LogP contribution in [0.2, 0.25) is 0 Å². The van der Waals surface area contributed by atoms with Gasteiger partial charge in [0.15, 0.2) is 0 Å². The molecule has 1 atom stereocenters. The van der Waals surface area contributed by atoms with E-state index in [9.17, 15) is 4.79 Å². The number of hydrogen-bond donors (Lipinski definition) is 1. The maximum absolute atomic E-state index is 12.5. The van der Waals surface area contributed by atoms with Crippen molar-refractivity contribution in [1.29, 1.82) is 0 Å². The Labute approximate surface area is 150 Å². The maximum atomic E-state index is 12.5. The van der Waals surface area contributed by atoms with Gasteiger partial charge in [0.1, 0.15) is 5.82 Å². The van der Waals surface area contributed by atoms with E-state index in [-0.39, 0.29) is 6.61 Å². The Morgan fingerprint density at radius 3 is 2.76 bits per heavy atom. The number of likely N-dealkylation sites (tertiary alicyclic amines) is 1. The van der Waals surface area contributed by atoms with Crippen LogP contribution < -0.4 is 4.90 Å². The molecule has 2 fully saturated rings. The minimum absolute atomic E-state index is 0.228. The minimum Gasteiger partial charge on any atom is -0.395 e. The summed E-state index contributed by atoms with van der Waals surface area (Å²) in [5, 5.41) is 9.09. The van der Waals surface area contributed by atoms with E-state index in [1.165, 1.54) is 12.8 Å². The first-order valence-electron chi connectivity index (χ1n) is 9.53. The summed E-state index contributed by atoms with van der Waals surface area (Å²) >= 11 is 0. The van der Waals surface area contributed by atoms with E-state index in [0.29, 0.717) is 18.2 Å². The summed E-state index contributed by atoms with van der Waals surface area (Å²) in [6.07, 6.45) is 5.84. The summed E-state index contributed by atoms with van der Waals surface area (Å²) in [6.45, 7) is 6.40. The molecule has 1 N–H and O–H groups in total. The number of aliphatic hydroxyl groups is 1. The number of aliphatic hydroxyl groups excluding tert-OH is 1. The number of hydrogen-bond acceptors (Lipinski definition) is 5. The average molecular weight is 346 g/mol. The van der Waals surface area contributed by atoms with Crippen molar-refractivity contribution in [2.75, 3.05) is 57.3 Å². The smallest absolute Gasteiger partial charge is 0.222 e. The van der Waals surface area contributed by atoms with Gasteiger partial charge < -0.3 is 19.8 Å². The molecule has 6 heteroatoms. The standard InChI is InChI=1S/C19H30N4O2/c24-15-14-21-9-3-4-17(16-21)6-7-19(25)23-12-10-22(11-13-23)18-5-1-2-8-20-18/h1-2,5,8,17,24H,3-4,6-7,9-16H2. The largest absolute Gasteiger partial charge is 0.395 e. The molecule has 2 aliphatic heterocycles. The molecule has 138 valence electrons. The van der Waals surface area contributed by atoms with Crippen LogP contribution >= 0.6 is 0 Å². The molecular formula is C19H30N4O2. The summed E-state index contributed by atoms with van der Waals surface area (Å²) in [4.78, 5) is 23.5. The Balaban J connectivity index is 1.39. The fourth-order valence-corrected chi connectivity index (χ4v) is 3.94. The highest BCUT2D eigenvalue weighted by Crippen LogP contribution is 2.21. The van der Waals surface area contributed by atoms with Crippen molar-refractivity contribution >= 4 is 11.7 Å². The number of carbonyl (C=O) groups excluding carboxylic acids is 1. The van der Waals surface area contributed by atoms with Gasteiger partial charge in [0.25, 0.3) is 0 Å². The molecule has 0 saturated carbocycles. The Morgan fingerprint density at radius 2 is 2.04 bits per heavy atom. The number of carbonyl (C=O) groups is 1. The number of rotatable bonds is 6. The van der Waals surface area contributed by atoms with Crippen LogP contribution in [0.5, 0.6) is 0 Å². The number of piperidine rings is 1. The van der Waals surface area contributed by atoms with Gasteiger partial charge in [0, 0.05) is 51.9 Å².